The second-order valence-electron chi connectivity index (χ2n) is 5.06. The van der Waals surface area contributed by atoms with Crippen LogP contribution in [0.15, 0.2) is 48.5 Å². The molecule has 0 aliphatic carbocycles. The zero-order chi connectivity index (χ0) is 15.1. The standard InChI is InChI=1S/C19H21NO/c1-4-13-21-19-12-8-6-10-17(19)14-20-16(3)18-11-7-5-9-15(18)2/h1,5-12,16,20H,13-14H2,2-3H3/t16-/m0/s1. The van der Waals surface area contributed by atoms with Gasteiger partial charge in [0.15, 0.2) is 0 Å². The van der Waals surface area contributed by atoms with Gasteiger partial charge in [-0.3, -0.25) is 0 Å². The Hall–Kier alpha value is -2.24. The van der Waals surface area contributed by atoms with Crippen LogP contribution in [0.25, 0.3) is 0 Å². The summed E-state index contributed by atoms with van der Waals surface area (Å²) >= 11 is 0. The number of terminal acetylenes is 1. The van der Waals surface area contributed by atoms with Crippen molar-refractivity contribution in [1.82, 2.24) is 5.32 Å². The number of ether oxygens (including phenoxy) is 1. The Labute approximate surface area is 127 Å². The smallest absolute Gasteiger partial charge is 0.148 e. The van der Waals surface area contributed by atoms with Crippen molar-refractivity contribution in [2.24, 2.45) is 0 Å². The molecule has 2 heteroatoms. The second-order valence-corrected chi connectivity index (χ2v) is 5.06. The van der Waals surface area contributed by atoms with Crippen LogP contribution >= 0.6 is 0 Å². The monoisotopic (exact) mass is 279 g/mol. The van der Waals surface area contributed by atoms with Gasteiger partial charge in [-0.1, -0.05) is 48.4 Å². The first-order valence-electron chi connectivity index (χ1n) is 7.15. The van der Waals surface area contributed by atoms with Crippen molar-refractivity contribution in [3.8, 4) is 18.1 Å². The number of hydrogen-bond acceptors (Lipinski definition) is 2. The van der Waals surface area contributed by atoms with E-state index in [1.165, 1.54) is 11.1 Å². The van der Waals surface area contributed by atoms with Crippen molar-refractivity contribution in [2.75, 3.05) is 6.61 Å². The third kappa shape index (κ3) is 4.11. The van der Waals surface area contributed by atoms with Crippen LogP contribution < -0.4 is 10.1 Å². The van der Waals surface area contributed by atoms with Crippen LogP contribution in [0.3, 0.4) is 0 Å². The average Bonchev–Trinajstić information content (AvgIpc) is 2.52. The molecule has 2 rings (SSSR count). The van der Waals surface area contributed by atoms with E-state index >= 15 is 0 Å². The maximum Gasteiger partial charge on any atom is 0.148 e. The Morgan fingerprint density at radius 3 is 2.62 bits per heavy atom. The fourth-order valence-corrected chi connectivity index (χ4v) is 2.36. The van der Waals surface area contributed by atoms with Gasteiger partial charge >= 0.3 is 0 Å². The normalized spacial score (nSPS) is 11.7. The van der Waals surface area contributed by atoms with Gasteiger partial charge in [-0.25, -0.2) is 0 Å². The molecule has 2 aromatic rings. The van der Waals surface area contributed by atoms with Gasteiger partial charge in [-0.05, 0) is 31.0 Å². The minimum atomic E-state index is 0.284. The molecule has 0 spiro atoms. The average molecular weight is 279 g/mol. The first-order valence-corrected chi connectivity index (χ1v) is 7.15. The highest BCUT2D eigenvalue weighted by molar-refractivity contribution is 5.34. The molecule has 0 unspecified atom stereocenters. The van der Waals surface area contributed by atoms with Gasteiger partial charge in [0, 0.05) is 18.2 Å². The first-order chi connectivity index (χ1) is 10.2. The van der Waals surface area contributed by atoms with Gasteiger partial charge in [-0.2, -0.15) is 0 Å². The quantitative estimate of drug-likeness (QED) is 0.811. The van der Waals surface area contributed by atoms with Crippen LogP contribution in [0.2, 0.25) is 0 Å². The van der Waals surface area contributed by atoms with Crippen molar-refractivity contribution in [3.05, 3.63) is 65.2 Å². The van der Waals surface area contributed by atoms with E-state index in [0.717, 1.165) is 17.9 Å². The lowest BCUT2D eigenvalue weighted by molar-refractivity contribution is 0.364. The van der Waals surface area contributed by atoms with Crippen LogP contribution in [0.4, 0.5) is 0 Å². The number of benzene rings is 2. The highest BCUT2D eigenvalue weighted by Gasteiger charge is 2.09. The fourth-order valence-electron chi connectivity index (χ4n) is 2.36. The molecule has 0 saturated carbocycles. The van der Waals surface area contributed by atoms with Gasteiger partial charge in [0.05, 0.1) is 0 Å². The van der Waals surface area contributed by atoms with E-state index in [1.54, 1.807) is 0 Å². The molecule has 1 N–H and O–H groups in total. The highest BCUT2D eigenvalue weighted by atomic mass is 16.5. The summed E-state index contributed by atoms with van der Waals surface area (Å²) in [5.74, 6) is 3.35. The van der Waals surface area contributed by atoms with Crippen molar-refractivity contribution >= 4 is 0 Å². The van der Waals surface area contributed by atoms with Gasteiger partial charge in [-0.15, -0.1) is 6.42 Å². The third-order valence-electron chi connectivity index (χ3n) is 3.54. The summed E-state index contributed by atoms with van der Waals surface area (Å²) in [6.07, 6.45) is 5.25. The van der Waals surface area contributed by atoms with Crippen molar-refractivity contribution < 1.29 is 4.74 Å². The van der Waals surface area contributed by atoms with Gasteiger partial charge in [0.1, 0.15) is 12.4 Å². The summed E-state index contributed by atoms with van der Waals surface area (Å²) in [5, 5.41) is 3.54. The van der Waals surface area contributed by atoms with Crippen molar-refractivity contribution in [3.63, 3.8) is 0 Å². The molecule has 2 nitrogen and oxygen atoms in total. The topological polar surface area (TPSA) is 21.3 Å². The minimum Gasteiger partial charge on any atom is -0.481 e. The number of aryl methyl sites for hydroxylation is 1. The third-order valence-corrected chi connectivity index (χ3v) is 3.54. The Bertz CT molecular complexity index is 627. The number of nitrogens with one attached hydrogen (secondary N) is 1. The Kier molecular flexibility index (Phi) is 5.43. The first kappa shape index (κ1) is 15.2. The molecular weight excluding hydrogens is 258 g/mol. The summed E-state index contributed by atoms with van der Waals surface area (Å²) in [5.41, 5.74) is 3.74. The number of hydrogen-bond donors (Lipinski definition) is 1. The molecule has 0 bridgehead atoms. The summed E-state index contributed by atoms with van der Waals surface area (Å²) in [7, 11) is 0. The largest absolute Gasteiger partial charge is 0.481 e. The van der Waals surface area contributed by atoms with Crippen molar-refractivity contribution in [1.29, 1.82) is 0 Å². The van der Waals surface area contributed by atoms with Gasteiger partial charge in [0.2, 0.25) is 0 Å². The molecule has 21 heavy (non-hydrogen) atoms. The van der Waals surface area contributed by atoms with E-state index in [4.69, 9.17) is 11.2 Å². The predicted octanol–water partition coefficient (Wildman–Crippen LogP) is 3.86. The second kappa shape index (κ2) is 7.52. The SMILES string of the molecule is C#CCOc1ccccc1CN[C@@H](C)c1ccccc1C. The van der Waals surface area contributed by atoms with Crippen LogP contribution in [-0.4, -0.2) is 6.61 Å². The lowest BCUT2D eigenvalue weighted by Crippen LogP contribution is -2.19. The molecule has 2 aromatic carbocycles. The predicted molar refractivity (Wildman–Crippen MR) is 87.2 cm³/mol. The molecule has 108 valence electrons. The molecular formula is C19H21NO. The van der Waals surface area contributed by atoms with E-state index in [1.807, 2.05) is 18.2 Å². The molecule has 0 aliphatic heterocycles. The fraction of sp³-hybridized carbons (Fsp3) is 0.263. The highest BCUT2D eigenvalue weighted by Crippen LogP contribution is 2.21. The number of para-hydroxylation sites is 1. The Balaban J connectivity index is 2.03. The minimum absolute atomic E-state index is 0.284. The number of rotatable bonds is 6. The van der Waals surface area contributed by atoms with Gasteiger partial charge in [0.25, 0.3) is 0 Å². The summed E-state index contributed by atoms with van der Waals surface area (Å²) in [6, 6.07) is 16.7. The zero-order valence-electron chi connectivity index (χ0n) is 12.6. The lowest BCUT2D eigenvalue weighted by Gasteiger charge is -2.18. The van der Waals surface area contributed by atoms with E-state index < -0.39 is 0 Å². The molecule has 0 heterocycles. The zero-order valence-corrected chi connectivity index (χ0v) is 12.6. The van der Waals surface area contributed by atoms with E-state index in [0.29, 0.717) is 6.61 Å². The Morgan fingerprint density at radius 1 is 1.14 bits per heavy atom. The molecule has 1 atom stereocenters. The van der Waals surface area contributed by atoms with Crippen LogP contribution in [0.5, 0.6) is 5.75 Å². The molecule has 0 saturated heterocycles. The van der Waals surface area contributed by atoms with Crippen LogP contribution in [-0.2, 0) is 6.54 Å². The van der Waals surface area contributed by atoms with Gasteiger partial charge < -0.3 is 10.1 Å². The maximum atomic E-state index is 5.57. The summed E-state index contributed by atoms with van der Waals surface area (Å²) in [4.78, 5) is 0. The molecule has 0 aromatic heterocycles. The van der Waals surface area contributed by atoms with Crippen LogP contribution in [0.1, 0.15) is 29.7 Å². The van der Waals surface area contributed by atoms with Crippen LogP contribution in [0, 0.1) is 19.3 Å². The molecule has 0 radical (unpaired) electrons. The van der Waals surface area contributed by atoms with E-state index in [-0.39, 0.29) is 6.04 Å². The summed E-state index contributed by atoms with van der Waals surface area (Å²) in [6.45, 7) is 5.35. The molecule has 0 amide bonds. The van der Waals surface area contributed by atoms with E-state index in [9.17, 15) is 0 Å². The molecule has 0 aliphatic rings. The lowest BCUT2D eigenvalue weighted by atomic mass is 10.0. The van der Waals surface area contributed by atoms with E-state index in [2.05, 4.69) is 55.4 Å². The summed E-state index contributed by atoms with van der Waals surface area (Å²) < 4.78 is 5.57. The Morgan fingerprint density at radius 2 is 1.86 bits per heavy atom. The van der Waals surface area contributed by atoms with Crippen molar-refractivity contribution in [2.45, 2.75) is 26.4 Å². The maximum absolute atomic E-state index is 5.57. The molecule has 0 fully saturated rings.